The molecule has 4 heteroatoms. The lowest BCUT2D eigenvalue weighted by Crippen LogP contribution is -2.36. The molecule has 1 aromatic carbocycles. The Hall–Kier alpha value is -1.42. The molecule has 1 aliphatic rings. The van der Waals surface area contributed by atoms with E-state index in [-0.39, 0.29) is 5.91 Å². The highest BCUT2D eigenvalue weighted by Gasteiger charge is 2.33. The second-order valence-electron chi connectivity index (χ2n) is 4.99. The van der Waals surface area contributed by atoms with E-state index in [1.165, 1.54) is 4.90 Å². The highest BCUT2D eigenvalue weighted by atomic mass is 19.1. The van der Waals surface area contributed by atoms with Gasteiger partial charge < -0.3 is 10.2 Å². The van der Waals surface area contributed by atoms with Gasteiger partial charge in [-0.25, -0.2) is 4.39 Å². The molecule has 1 saturated heterocycles. The Balaban J connectivity index is 2.19. The van der Waals surface area contributed by atoms with Crippen LogP contribution in [-0.2, 0) is 5.67 Å². The maximum absolute atomic E-state index is 14.7. The molecule has 1 aliphatic heterocycles. The van der Waals surface area contributed by atoms with Crippen LogP contribution in [-0.4, -0.2) is 38.0 Å². The number of alkyl halides is 1. The van der Waals surface area contributed by atoms with Crippen LogP contribution in [0.2, 0.25) is 0 Å². The molecule has 2 rings (SSSR count). The number of nitrogens with zero attached hydrogens (tertiary/aromatic N) is 1. The van der Waals surface area contributed by atoms with Crippen LogP contribution in [0.3, 0.4) is 0 Å². The maximum atomic E-state index is 14.7. The molecule has 18 heavy (non-hydrogen) atoms. The smallest absolute Gasteiger partial charge is 0.253 e. The molecule has 0 atom stereocenters. The summed E-state index contributed by atoms with van der Waals surface area (Å²) in [6.07, 6.45) is 0.988. The van der Waals surface area contributed by atoms with Crippen LogP contribution < -0.4 is 5.32 Å². The molecule has 1 N–H and O–H groups in total. The summed E-state index contributed by atoms with van der Waals surface area (Å²) in [7, 11) is 3.42. The minimum Gasteiger partial charge on any atom is -0.345 e. The van der Waals surface area contributed by atoms with Gasteiger partial charge in [-0.3, -0.25) is 4.79 Å². The summed E-state index contributed by atoms with van der Waals surface area (Å²) >= 11 is 0. The molecule has 1 heterocycles. The van der Waals surface area contributed by atoms with E-state index in [1.54, 1.807) is 38.4 Å². The number of rotatable bonds is 2. The number of benzene rings is 1. The van der Waals surface area contributed by atoms with E-state index in [0.717, 1.165) is 0 Å². The number of halogens is 1. The average Bonchev–Trinajstić information content (AvgIpc) is 2.39. The van der Waals surface area contributed by atoms with Crippen molar-refractivity contribution in [3.63, 3.8) is 0 Å². The van der Waals surface area contributed by atoms with Gasteiger partial charge in [0.05, 0.1) is 0 Å². The lowest BCUT2D eigenvalue weighted by Gasteiger charge is -2.30. The molecule has 98 valence electrons. The molecule has 0 unspecified atom stereocenters. The number of hydrogen-bond acceptors (Lipinski definition) is 2. The van der Waals surface area contributed by atoms with Crippen LogP contribution in [0.15, 0.2) is 24.3 Å². The predicted octanol–water partition coefficient (Wildman–Crippen LogP) is 1.94. The van der Waals surface area contributed by atoms with Crippen molar-refractivity contribution >= 4 is 5.91 Å². The molecule has 0 bridgehead atoms. The highest BCUT2D eigenvalue weighted by Crippen LogP contribution is 2.34. The van der Waals surface area contributed by atoms with Crippen molar-refractivity contribution in [2.45, 2.75) is 18.5 Å². The lowest BCUT2D eigenvalue weighted by molar-refractivity contribution is 0.0826. The first-order chi connectivity index (χ1) is 8.53. The van der Waals surface area contributed by atoms with Gasteiger partial charge in [0.1, 0.15) is 5.67 Å². The molecule has 1 amide bonds. The second kappa shape index (κ2) is 5.06. The first-order valence-corrected chi connectivity index (χ1v) is 6.25. The third-order valence-corrected chi connectivity index (χ3v) is 3.45. The van der Waals surface area contributed by atoms with Crippen molar-refractivity contribution in [1.82, 2.24) is 10.2 Å². The maximum Gasteiger partial charge on any atom is 0.253 e. The quantitative estimate of drug-likeness (QED) is 0.870. The van der Waals surface area contributed by atoms with E-state index in [0.29, 0.717) is 37.1 Å². The largest absolute Gasteiger partial charge is 0.345 e. The summed E-state index contributed by atoms with van der Waals surface area (Å²) in [4.78, 5) is 13.3. The third kappa shape index (κ3) is 2.53. The first-order valence-electron chi connectivity index (χ1n) is 6.25. The van der Waals surface area contributed by atoms with Crippen LogP contribution >= 0.6 is 0 Å². The summed E-state index contributed by atoms with van der Waals surface area (Å²) in [6.45, 7) is 1.41. The Labute approximate surface area is 107 Å². The Kier molecular flexibility index (Phi) is 3.66. The number of carbonyl (C=O) groups is 1. The van der Waals surface area contributed by atoms with E-state index in [4.69, 9.17) is 0 Å². The fourth-order valence-corrected chi connectivity index (χ4v) is 2.28. The van der Waals surface area contributed by atoms with Crippen molar-refractivity contribution in [2.75, 3.05) is 27.2 Å². The van der Waals surface area contributed by atoms with Crippen LogP contribution in [0.25, 0.3) is 0 Å². The zero-order chi connectivity index (χ0) is 13.2. The van der Waals surface area contributed by atoms with Crippen LogP contribution in [0.4, 0.5) is 4.39 Å². The van der Waals surface area contributed by atoms with E-state index in [1.807, 2.05) is 0 Å². The second-order valence-corrected chi connectivity index (χ2v) is 4.99. The normalized spacial score (nSPS) is 18.4. The zero-order valence-corrected chi connectivity index (χ0v) is 10.9. The van der Waals surface area contributed by atoms with Gasteiger partial charge in [-0.05, 0) is 43.6 Å². The fraction of sp³-hybridized carbons (Fsp3) is 0.500. The molecule has 0 spiro atoms. The molecule has 0 aliphatic carbocycles. The third-order valence-electron chi connectivity index (χ3n) is 3.45. The number of hydrogen-bond donors (Lipinski definition) is 1. The Bertz CT molecular complexity index is 422. The topological polar surface area (TPSA) is 32.3 Å². The summed E-state index contributed by atoms with van der Waals surface area (Å²) in [5.74, 6) is -0.0558. The van der Waals surface area contributed by atoms with Gasteiger partial charge in [-0.2, -0.15) is 0 Å². The minimum absolute atomic E-state index is 0.0558. The number of piperidine rings is 1. The molecular weight excluding hydrogens is 231 g/mol. The summed E-state index contributed by atoms with van der Waals surface area (Å²) in [6, 6.07) is 6.90. The van der Waals surface area contributed by atoms with Gasteiger partial charge in [0.15, 0.2) is 0 Å². The predicted molar refractivity (Wildman–Crippen MR) is 69.3 cm³/mol. The van der Waals surface area contributed by atoms with Gasteiger partial charge >= 0.3 is 0 Å². The summed E-state index contributed by atoms with van der Waals surface area (Å²) < 4.78 is 14.7. The van der Waals surface area contributed by atoms with Gasteiger partial charge in [-0.1, -0.05) is 12.1 Å². The van der Waals surface area contributed by atoms with Gasteiger partial charge in [0.25, 0.3) is 5.91 Å². The first kappa shape index (κ1) is 13.0. The monoisotopic (exact) mass is 250 g/mol. The van der Waals surface area contributed by atoms with E-state index < -0.39 is 5.67 Å². The Morgan fingerprint density at radius 2 is 1.78 bits per heavy atom. The molecule has 3 nitrogen and oxygen atoms in total. The molecule has 0 aromatic heterocycles. The molecular formula is C14H19FN2O. The molecule has 1 fully saturated rings. The number of amides is 1. The molecule has 0 saturated carbocycles. The van der Waals surface area contributed by atoms with Crippen molar-refractivity contribution in [1.29, 1.82) is 0 Å². The lowest BCUT2D eigenvalue weighted by atomic mass is 9.86. The average molecular weight is 250 g/mol. The summed E-state index contributed by atoms with van der Waals surface area (Å²) in [5, 5.41) is 3.15. The number of nitrogens with one attached hydrogen (secondary N) is 1. The van der Waals surface area contributed by atoms with Crippen molar-refractivity contribution < 1.29 is 9.18 Å². The van der Waals surface area contributed by atoms with Crippen molar-refractivity contribution in [2.24, 2.45) is 0 Å². The zero-order valence-electron chi connectivity index (χ0n) is 10.9. The van der Waals surface area contributed by atoms with Gasteiger partial charge in [0.2, 0.25) is 0 Å². The molecule has 0 radical (unpaired) electrons. The Morgan fingerprint density at radius 1 is 1.22 bits per heavy atom. The highest BCUT2D eigenvalue weighted by molar-refractivity contribution is 5.93. The Morgan fingerprint density at radius 3 is 2.28 bits per heavy atom. The van der Waals surface area contributed by atoms with E-state index in [2.05, 4.69) is 5.32 Å². The van der Waals surface area contributed by atoms with E-state index in [9.17, 15) is 9.18 Å². The SMILES string of the molecule is CN(C)C(=O)c1ccc(C2(F)CCNCC2)cc1. The van der Waals surface area contributed by atoms with Crippen LogP contribution in [0, 0.1) is 0 Å². The minimum atomic E-state index is -1.25. The van der Waals surface area contributed by atoms with Crippen LogP contribution in [0.5, 0.6) is 0 Å². The van der Waals surface area contributed by atoms with Crippen LogP contribution in [0.1, 0.15) is 28.8 Å². The van der Waals surface area contributed by atoms with Crippen molar-refractivity contribution in [3.8, 4) is 0 Å². The van der Waals surface area contributed by atoms with E-state index >= 15 is 0 Å². The molecule has 1 aromatic rings. The van der Waals surface area contributed by atoms with Crippen molar-refractivity contribution in [3.05, 3.63) is 35.4 Å². The summed E-state index contributed by atoms with van der Waals surface area (Å²) in [5.41, 5.74) is 0.0332. The standard InChI is InChI=1S/C14H19FN2O/c1-17(2)13(18)11-3-5-12(6-4-11)14(15)7-9-16-10-8-14/h3-6,16H,7-10H2,1-2H3. The van der Waals surface area contributed by atoms with Gasteiger partial charge in [-0.15, -0.1) is 0 Å². The van der Waals surface area contributed by atoms with Gasteiger partial charge in [0, 0.05) is 19.7 Å². The fourth-order valence-electron chi connectivity index (χ4n) is 2.28. The number of carbonyl (C=O) groups excluding carboxylic acids is 1.